The highest BCUT2D eigenvalue weighted by atomic mass is 35.5. The lowest BCUT2D eigenvalue weighted by Crippen LogP contribution is -2.32. The van der Waals surface area contributed by atoms with Gasteiger partial charge in [-0.1, -0.05) is 23.2 Å². The van der Waals surface area contributed by atoms with Crippen LogP contribution in [0.3, 0.4) is 0 Å². The number of hydrogen-bond acceptors (Lipinski definition) is 3. The Morgan fingerprint density at radius 2 is 2.05 bits per heavy atom. The first kappa shape index (κ1) is 16.6. The van der Waals surface area contributed by atoms with E-state index in [0.29, 0.717) is 28.8 Å². The Hall–Kier alpha value is -1.46. The van der Waals surface area contributed by atoms with E-state index in [1.165, 1.54) is 11.0 Å². The first-order chi connectivity index (χ1) is 9.40. The lowest BCUT2D eigenvalue weighted by Gasteiger charge is -2.17. The normalized spacial score (nSPS) is 10.2. The summed E-state index contributed by atoms with van der Waals surface area (Å²) in [5, 5.41) is 9.35. The molecule has 0 fully saturated rings. The van der Waals surface area contributed by atoms with E-state index < -0.39 is 5.97 Å². The minimum Gasteiger partial charge on any atom is -0.482 e. The Morgan fingerprint density at radius 1 is 1.35 bits per heavy atom. The van der Waals surface area contributed by atoms with E-state index in [9.17, 15) is 9.59 Å². The zero-order chi connectivity index (χ0) is 15.1. The molecule has 1 aromatic rings. The van der Waals surface area contributed by atoms with Crippen LogP contribution in [0.2, 0.25) is 10.0 Å². The van der Waals surface area contributed by atoms with E-state index in [0.717, 1.165) is 0 Å². The Kier molecular flexibility index (Phi) is 6.61. The van der Waals surface area contributed by atoms with E-state index in [2.05, 4.69) is 0 Å². The van der Waals surface area contributed by atoms with Crippen LogP contribution >= 0.6 is 23.2 Å². The van der Waals surface area contributed by atoms with Gasteiger partial charge < -0.3 is 14.7 Å². The predicted molar refractivity (Wildman–Crippen MR) is 76.5 cm³/mol. The van der Waals surface area contributed by atoms with Crippen molar-refractivity contribution in [3.63, 3.8) is 0 Å². The number of benzene rings is 1. The predicted octanol–water partition coefficient (Wildman–Crippen LogP) is 2.70. The van der Waals surface area contributed by atoms with Gasteiger partial charge in [0.15, 0.2) is 6.61 Å². The third-order valence-electron chi connectivity index (χ3n) is 2.55. The van der Waals surface area contributed by atoms with Gasteiger partial charge in [-0.3, -0.25) is 9.59 Å². The summed E-state index contributed by atoms with van der Waals surface area (Å²) in [6.07, 6.45) is 0.425. The number of carboxylic acids is 1. The van der Waals surface area contributed by atoms with Gasteiger partial charge in [-0.15, -0.1) is 0 Å². The average molecular weight is 320 g/mol. The summed E-state index contributed by atoms with van der Waals surface area (Å²) >= 11 is 11.7. The fraction of sp³-hybridized carbons (Fsp3) is 0.385. The number of nitrogens with zero attached hydrogens (tertiary/aromatic N) is 1. The highest BCUT2D eigenvalue weighted by molar-refractivity contribution is 6.34. The van der Waals surface area contributed by atoms with E-state index in [-0.39, 0.29) is 18.9 Å². The molecule has 5 nitrogen and oxygen atoms in total. The molecule has 0 atom stereocenters. The van der Waals surface area contributed by atoms with Crippen LogP contribution in [0.5, 0.6) is 5.75 Å². The lowest BCUT2D eigenvalue weighted by molar-refractivity contribution is -0.138. The Morgan fingerprint density at radius 3 is 2.70 bits per heavy atom. The fourth-order valence-corrected chi connectivity index (χ4v) is 1.76. The number of aliphatic carboxylic acids is 1. The maximum absolute atomic E-state index is 11.8. The van der Waals surface area contributed by atoms with E-state index in [1.54, 1.807) is 19.2 Å². The van der Waals surface area contributed by atoms with Crippen molar-refractivity contribution in [2.75, 3.05) is 20.2 Å². The summed E-state index contributed by atoms with van der Waals surface area (Å²) in [6, 6.07) is 4.73. The smallest absolute Gasteiger partial charge is 0.303 e. The minimum atomic E-state index is -0.882. The van der Waals surface area contributed by atoms with Gasteiger partial charge in [-0.2, -0.15) is 0 Å². The number of carboxylic acid groups (broad SMARTS) is 1. The quantitative estimate of drug-likeness (QED) is 0.839. The Labute approximate surface area is 127 Å². The molecule has 0 aliphatic carbocycles. The number of amides is 1. The molecule has 0 heterocycles. The number of carbonyl (C=O) groups excluding carboxylic acids is 1. The minimum absolute atomic E-state index is 0.0264. The van der Waals surface area contributed by atoms with Crippen LogP contribution in [0.1, 0.15) is 12.8 Å². The molecule has 0 aromatic heterocycles. The number of halogens is 2. The second-order valence-electron chi connectivity index (χ2n) is 4.18. The van der Waals surface area contributed by atoms with Gasteiger partial charge in [-0.05, 0) is 18.6 Å². The second-order valence-corrected chi connectivity index (χ2v) is 5.02. The first-order valence-corrected chi connectivity index (χ1v) is 6.69. The van der Waals surface area contributed by atoms with Gasteiger partial charge in [-0.25, -0.2) is 0 Å². The average Bonchev–Trinajstić information content (AvgIpc) is 2.38. The molecule has 7 heteroatoms. The number of rotatable bonds is 7. The van der Waals surface area contributed by atoms with Gasteiger partial charge in [0.25, 0.3) is 5.91 Å². The van der Waals surface area contributed by atoms with Crippen molar-refractivity contribution in [1.29, 1.82) is 0 Å². The molecule has 110 valence electrons. The molecule has 0 aliphatic rings. The molecule has 0 bridgehead atoms. The molecule has 0 radical (unpaired) electrons. The molecular weight excluding hydrogens is 305 g/mol. The molecular formula is C13H15Cl2NO4. The van der Waals surface area contributed by atoms with Crippen LogP contribution in [0.4, 0.5) is 0 Å². The summed E-state index contributed by atoms with van der Waals surface area (Å²) in [7, 11) is 1.59. The molecule has 0 saturated carbocycles. The largest absolute Gasteiger partial charge is 0.482 e. The summed E-state index contributed by atoms with van der Waals surface area (Å²) < 4.78 is 5.30. The highest BCUT2D eigenvalue weighted by Gasteiger charge is 2.11. The van der Waals surface area contributed by atoms with E-state index in [4.69, 9.17) is 33.0 Å². The second kappa shape index (κ2) is 7.97. The molecule has 0 aliphatic heterocycles. The maximum Gasteiger partial charge on any atom is 0.303 e. The van der Waals surface area contributed by atoms with Crippen molar-refractivity contribution >= 4 is 35.1 Å². The van der Waals surface area contributed by atoms with Crippen molar-refractivity contribution in [2.24, 2.45) is 0 Å². The van der Waals surface area contributed by atoms with Crippen LogP contribution in [0.25, 0.3) is 0 Å². The van der Waals surface area contributed by atoms with Gasteiger partial charge in [0.1, 0.15) is 5.75 Å². The van der Waals surface area contributed by atoms with Crippen molar-refractivity contribution in [2.45, 2.75) is 12.8 Å². The van der Waals surface area contributed by atoms with Gasteiger partial charge in [0, 0.05) is 31.1 Å². The first-order valence-electron chi connectivity index (χ1n) is 5.93. The Bertz CT molecular complexity index is 493. The van der Waals surface area contributed by atoms with Gasteiger partial charge in [0.2, 0.25) is 0 Å². The summed E-state index contributed by atoms with van der Waals surface area (Å²) in [5.41, 5.74) is 0. The molecule has 20 heavy (non-hydrogen) atoms. The molecule has 0 saturated heterocycles. The summed E-state index contributed by atoms with van der Waals surface area (Å²) in [6.45, 7) is 0.182. The molecule has 0 spiro atoms. The third kappa shape index (κ3) is 5.67. The highest BCUT2D eigenvalue weighted by Crippen LogP contribution is 2.27. The molecule has 0 unspecified atom stereocenters. The van der Waals surface area contributed by atoms with Crippen LogP contribution in [0.15, 0.2) is 18.2 Å². The van der Waals surface area contributed by atoms with Gasteiger partial charge in [0.05, 0.1) is 5.02 Å². The molecule has 1 aromatic carbocycles. The standard InChI is InChI=1S/C13H15Cl2NO4/c1-16(6-2-3-13(18)19)12(17)8-20-11-7-9(14)4-5-10(11)15/h4-5,7H,2-3,6,8H2,1H3,(H,18,19). The van der Waals surface area contributed by atoms with Crippen molar-refractivity contribution in [3.8, 4) is 5.75 Å². The van der Waals surface area contributed by atoms with Crippen LogP contribution in [-0.2, 0) is 9.59 Å². The van der Waals surface area contributed by atoms with Crippen LogP contribution in [-0.4, -0.2) is 42.1 Å². The molecule has 1 amide bonds. The van der Waals surface area contributed by atoms with Crippen LogP contribution < -0.4 is 4.74 Å². The maximum atomic E-state index is 11.8. The number of carbonyl (C=O) groups is 2. The van der Waals surface area contributed by atoms with Crippen molar-refractivity contribution in [1.82, 2.24) is 4.90 Å². The molecule has 1 N–H and O–H groups in total. The summed E-state index contributed by atoms with van der Waals surface area (Å²) in [4.78, 5) is 23.6. The monoisotopic (exact) mass is 319 g/mol. The fourth-order valence-electron chi connectivity index (χ4n) is 1.43. The van der Waals surface area contributed by atoms with Gasteiger partial charge >= 0.3 is 5.97 Å². The van der Waals surface area contributed by atoms with Crippen molar-refractivity contribution < 1.29 is 19.4 Å². The lowest BCUT2D eigenvalue weighted by atomic mass is 10.3. The third-order valence-corrected chi connectivity index (χ3v) is 3.10. The van der Waals surface area contributed by atoms with Crippen LogP contribution in [0, 0.1) is 0 Å². The Balaban J connectivity index is 2.42. The SMILES string of the molecule is CN(CCCC(=O)O)C(=O)COc1cc(Cl)ccc1Cl. The number of hydrogen-bond donors (Lipinski definition) is 1. The zero-order valence-electron chi connectivity index (χ0n) is 10.9. The summed E-state index contributed by atoms with van der Waals surface area (Å²) in [5.74, 6) is -0.800. The van der Waals surface area contributed by atoms with E-state index >= 15 is 0 Å². The molecule has 1 rings (SSSR count). The van der Waals surface area contributed by atoms with E-state index in [1.807, 2.05) is 0 Å². The number of ether oxygens (including phenoxy) is 1. The number of likely N-dealkylation sites (N-methyl/N-ethyl adjacent to an activating group) is 1. The zero-order valence-corrected chi connectivity index (χ0v) is 12.4. The van der Waals surface area contributed by atoms with Crippen molar-refractivity contribution in [3.05, 3.63) is 28.2 Å². The topological polar surface area (TPSA) is 66.8 Å².